The molecule has 1 saturated heterocycles. The second-order valence-electron chi connectivity index (χ2n) is 4.09. The molecular formula is C11H22N2O2. The maximum atomic E-state index is 11.3. The molecule has 88 valence electrons. The van der Waals surface area contributed by atoms with Crippen LogP contribution in [0.4, 0.5) is 0 Å². The molecule has 0 aromatic heterocycles. The van der Waals surface area contributed by atoms with Gasteiger partial charge < -0.3 is 15.4 Å². The van der Waals surface area contributed by atoms with Gasteiger partial charge in [0.1, 0.15) is 6.04 Å². The van der Waals surface area contributed by atoms with Gasteiger partial charge in [-0.15, -0.1) is 0 Å². The zero-order valence-corrected chi connectivity index (χ0v) is 9.71. The molecule has 2 atom stereocenters. The number of ether oxygens (including phenoxy) is 1. The van der Waals surface area contributed by atoms with Gasteiger partial charge in [0.05, 0.1) is 6.61 Å². The molecule has 2 unspecified atom stereocenters. The van der Waals surface area contributed by atoms with Gasteiger partial charge in [-0.2, -0.15) is 0 Å². The third kappa shape index (κ3) is 4.62. The Balaban J connectivity index is 2.14. The lowest BCUT2D eigenvalue weighted by molar-refractivity contribution is -0.145. The summed E-state index contributed by atoms with van der Waals surface area (Å²) in [5, 5.41) is 6.58. The summed E-state index contributed by atoms with van der Waals surface area (Å²) in [4.78, 5) is 11.3. The van der Waals surface area contributed by atoms with Crippen LogP contribution in [-0.4, -0.2) is 38.3 Å². The normalized spacial score (nSPS) is 23.5. The predicted molar refractivity (Wildman–Crippen MR) is 59.7 cm³/mol. The fourth-order valence-electron chi connectivity index (χ4n) is 1.79. The molecule has 0 saturated carbocycles. The lowest BCUT2D eigenvalue weighted by Gasteiger charge is -2.24. The molecule has 1 aliphatic heterocycles. The van der Waals surface area contributed by atoms with Crippen LogP contribution in [0, 0.1) is 5.92 Å². The average Bonchev–Trinajstić information content (AvgIpc) is 2.27. The summed E-state index contributed by atoms with van der Waals surface area (Å²) in [5.74, 6) is 0.497. The number of hydrogen-bond acceptors (Lipinski definition) is 4. The quantitative estimate of drug-likeness (QED) is 0.655. The van der Waals surface area contributed by atoms with Crippen LogP contribution in [0.5, 0.6) is 0 Å². The van der Waals surface area contributed by atoms with Crippen molar-refractivity contribution < 1.29 is 9.53 Å². The topological polar surface area (TPSA) is 50.4 Å². The van der Waals surface area contributed by atoms with E-state index in [2.05, 4.69) is 10.6 Å². The second kappa shape index (κ2) is 6.80. The molecule has 0 amide bonds. The van der Waals surface area contributed by atoms with E-state index in [1.165, 1.54) is 12.8 Å². The minimum atomic E-state index is -0.188. The van der Waals surface area contributed by atoms with E-state index in [0.29, 0.717) is 12.5 Å². The van der Waals surface area contributed by atoms with Gasteiger partial charge >= 0.3 is 5.97 Å². The summed E-state index contributed by atoms with van der Waals surface area (Å²) < 4.78 is 4.93. The first kappa shape index (κ1) is 12.5. The second-order valence-corrected chi connectivity index (χ2v) is 4.09. The van der Waals surface area contributed by atoms with Gasteiger partial charge in [0, 0.05) is 0 Å². The van der Waals surface area contributed by atoms with E-state index in [1.54, 1.807) is 0 Å². The smallest absolute Gasteiger partial charge is 0.322 e. The Bertz CT molecular complexity index is 191. The zero-order valence-electron chi connectivity index (χ0n) is 9.71. The minimum Gasteiger partial charge on any atom is -0.465 e. The molecule has 4 nitrogen and oxygen atoms in total. The van der Waals surface area contributed by atoms with Crippen LogP contribution in [0.25, 0.3) is 0 Å². The lowest BCUT2D eigenvalue weighted by atomic mass is 9.99. The van der Waals surface area contributed by atoms with Crippen molar-refractivity contribution in [3.8, 4) is 0 Å². The fourth-order valence-corrected chi connectivity index (χ4v) is 1.79. The molecule has 4 heteroatoms. The Morgan fingerprint density at radius 1 is 1.67 bits per heavy atom. The third-order valence-electron chi connectivity index (χ3n) is 2.75. The summed E-state index contributed by atoms with van der Waals surface area (Å²) in [5.41, 5.74) is 0. The summed E-state index contributed by atoms with van der Waals surface area (Å²) in [6.07, 6.45) is 2.48. The zero-order chi connectivity index (χ0) is 11.1. The molecule has 1 rings (SSSR count). The first-order chi connectivity index (χ1) is 7.24. The van der Waals surface area contributed by atoms with E-state index in [1.807, 2.05) is 13.8 Å². The SMILES string of the molecule is CCOC(=O)C(C)NCC1CCCNC1. The number of rotatable bonds is 5. The molecule has 0 bridgehead atoms. The molecule has 1 heterocycles. The Labute approximate surface area is 91.8 Å². The van der Waals surface area contributed by atoms with E-state index in [-0.39, 0.29) is 12.0 Å². The van der Waals surface area contributed by atoms with Crippen molar-refractivity contribution >= 4 is 5.97 Å². The van der Waals surface area contributed by atoms with Crippen LogP contribution in [0.1, 0.15) is 26.7 Å². The third-order valence-corrected chi connectivity index (χ3v) is 2.75. The van der Waals surface area contributed by atoms with Gasteiger partial charge in [-0.05, 0) is 52.2 Å². The molecule has 0 aliphatic carbocycles. The molecule has 0 aromatic carbocycles. The van der Waals surface area contributed by atoms with Crippen LogP contribution >= 0.6 is 0 Å². The summed E-state index contributed by atoms with van der Waals surface area (Å²) in [6, 6.07) is -0.188. The molecule has 0 radical (unpaired) electrons. The fraction of sp³-hybridized carbons (Fsp3) is 0.909. The monoisotopic (exact) mass is 214 g/mol. The highest BCUT2D eigenvalue weighted by Gasteiger charge is 2.17. The van der Waals surface area contributed by atoms with Crippen molar-refractivity contribution in [3.05, 3.63) is 0 Å². The Kier molecular flexibility index (Phi) is 5.65. The molecular weight excluding hydrogens is 192 g/mol. The molecule has 15 heavy (non-hydrogen) atoms. The lowest BCUT2D eigenvalue weighted by Crippen LogP contribution is -2.42. The number of carbonyl (C=O) groups is 1. The van der Waals surface area contributed by atoms with E-state index in [4.69, 9.17) is 4.74 Å². The van der Waals surface area contributed by atoms with Gasteiger partial charge in [0.25, 0.3) is 0 Å². The molecule has 0 aromatic rings. The van der Waals surface area contributed by atoms with E-state index in [0.717, 1.165) is 19.6 Å². The Morgan fingerprint density at radius 2 is 2.47 bits per heavy atom. The number of piperidine rings is 1. The van der Waals surface area contributed by atoms with Crippen LogP contribution in [0.15, 0.2) is 0 Å². The van der Waals surface area contributed by atoms with Crippen LogP contribution in [0.3, 0.4) is 0 Å². The molecule has 2 N–H and O–H groups in total. The van der Waals surface area contributed by atoms with Crippen LogP contribution in [-0.2, 0) is 9.53 Å². The first-order valence-corrected chi connectivity index (χ1v) is 5.84. The van der Waals surface area contributed by atoms with Crippen molar-refractivity contribution in [2.24, 2.45) is 5.92 Å². The van der Waals surface area contributed by atoms with Gasteiger partial charge in [0.15, 0.2) is 0 Å². The average molecular weight is 214 g/mol. The van der Waals surface area contributed by atoms with Crippen LogP contribution < -0.4 is 10.6 Å². The summed E-state index contributed by atoms with van der Waals surface area (Å²) in [7, 11) is 0. The minimum absolute atomic E-state index is 0.152. The predicted octanol–water partition coefficient (Wildman–Crippen LogP) is 0.527. The maximum Gasteiger partial charge on any atom is 0.322 e. The van der Waals surface area contributed by atoms with E-state index < -0.39 is 0 Å². The highest BCUT2D eigenvalue weighted by atomic mass is 16.5. The van der Waals surface area contributed by atoms with Gasteiger partial charge in [-0.25, -0.2) is 0 Å². The highest BCUT2D eigenvalue weighted by Crippen LogP contribution is 2.08. The Hall–Kier alpha value is -0.610. The number of carbonyl (C=O) groups excluding carboxylic acids is 1. The number of esters is 1. The number of nitrogens with one attached hydrogen (secondary N) is 2. The van der Waals surface area contributed by atoms with Crippen molar-refractivity contribution in [2.75, 3.05) is 26.2 Å². The van der Waals surface area contributed by atoms with Gasteiger partial charge in [0.2, 0.25) is 0 Å². The molecule has 1 fully saturated rings. The van der Waals surface area contributed by atoms with Crippen molar-refractivity contribution in [2.45, 2.75) is 32.7 Å². The summed E-state index contributed by atoms with van der Waals surface area (Å²) >= 11 is 0. The summed E-state index contributed by atoms with van der Waals surface area (Å²) in [6.45, 7) is 7.22. The molecule has 0 spiro atoms. The van der Waals surface area contributed by atoms with Crippen molar-refractivity contribution in [3.63, 3.8) is 0 Å². The standard InChI is InChI=1S/C11H22N2O2/c1-3-15-11(14)9(2)13-8-10-5-4-6-12-7-10/h9-10,12-13H,3-8H2,1-2H3. The van der Waals surface area contributed by atoms with E-state index in [9.17, 15) is 4.79 Å². The van der Waals surface area contributed by atoms with Gasteiger partial charge in [-0.1, -0.05) is 0 Å². The van der Waals surface area contributed by atoms with Crippen molar-refractivity contribution in [1.82, 2.24) is 10.6 Å². The first-order valence-electron chi connectivity index (χ1n) is 5.84. The highest BCUT2D eigenvalue weighted by molar-refractivity contribution is 5.75. The Morgan fingerprint density at radius 3 is 3.07 bits per heavy atom. The van der Waals surface area contributed by atoms with E-state index >= 15 is 0 Å². The van der Waals surface area contributed by atoms with Crippen molar-refractivity contribution in [1.29, 1.82) is 0 Å². The van der Waals surface area contributed by atoms with Gasteiger partial charge in [-0.3, -0.25) is 4.79 Å². The number of hydrogen-bond donors (Lipinski definition) is 2. The van der Waals surface area contributed by atoms with Crippen LogP contribution in [0.2, 0.25) is 0 Å². The largest absolute Gasteiger partial charge is 0.465 e. The maximum absolute atomic E-state index is 11.3. The molecule has 1 aliphatic rings.